The molecule has 0 saturated heterocycles. The number of benzene rings is 2. The van der Waals surface area contributed by atoms with Crippen molar-refractivity contribution in [2.75, 3.05) is 37.2 Å². The maximum Gasteiger partial charge on any atom is 0.243 e. The van der Waals surface area contributed by atoms with Gasteiger partial charge in [0.15, 0.2) is 0 Å². The summed E-state index contributed by atoms with van der Waals surface area (Å²) in [5.74, 6) is -0.191. The van der Waals surface area contributed by atoms with Gasteiger partial charge in [-0.3, -0.25) is 4.79 Å². The molecule has 2 atom stereocenters. The fraction of sp³-hybridized carbons (Fsp3) is 0.581. The number of amides is 1. The van der Waals surface area contributed by atoms with E-state index in [0.29, 0.717) is 42.8 Å². The van der Waals surface area contributed by atoms with Gasteiger partial charge in [-0.15, -0.1) is 11.6 Å². The van der Waals surface area contributed by atoms with Gasteiger partial charge in [-0.25, -0.2) is 8.42 Å². The second-order valence-corrected chi connectivity index (χ2v) is 13.5. The molecule has 3 rings (SSSR count). The number of carbonyl (C=O) groups excluding carboxylic acids is 1. The number of fused-ring (bicyclic) bond motifs is 1. The number of nitrogens with one attached hydrogen (secondary N) is 1. The van der Waals surface area contributed by atoms with Gasteiger partial charge in [-0.1, -0.05) is 51.7 Å². The molecule has 2 aromatic rings. The minimum atomic E-state index is -3.91. The summed E-state index contributed by atoms with van der Waals surface area (Å²) in [5.41, 5.74) is 1.84. The molecule has 1 aliphatic rings. The van der Waals surface area contributed by atoms with Gasteiger partial charge in [0.05, 0.1) is 16.5 Å². The topological polar surface area (TPSA) is 90.0 Å². The molecule has 1 aliphatic heterocycles. The summed E-state index contributed by atoms with van der Waals surface area (Å²) >= 11 is 5.76. The Hall–Kier alpha value is -2.13. The number of nitrogens with zero attached hydrogens (tertiary/aromatic N) is 2. The maximum atomic E-state index is 14.2. The van der Waals surface area contributed by atoms with E-state index in [2.05, 4.69) is 19.2 Å². The third kappa shape index (κ3) is 6.84. The molecule has 7 nitrogen and oxygen atoms in total. The van der Waals surface area contributed by atoms with Crippen molar-refractivity contribution in [3.8, 4) is 0 Å². The number of aliphatic hydroxyl groups is 1. The zero-order valence-electron chi connectivity index (χ0n) is 24.6. The highest BCUT2D eigenvalue weighted by atomic mass is 35.5. The van der Waals surface area contributed by atoms with Crippen LogP contribution < -0.4 is 10.2 Å². The Balaban J connectivity index is 2.23. The van der Waals surface area contributed by atoms with Crippen LogP contribution in [0, 0.1) is 0 Å². The van der Waals surface area contributed by atoms with Gasteiger partial charge >= 0.3 is 0 Å². The molecule has 0 bridgehead atoms. The molecule has 40 heavy (non-hydrogen) atoms. The lowest BCUT2D eigenvalue weighted by Crippen LogP contribution is -2.57. The minimum absolute atomic E-state index is 0.0958. The zero-order chi connectivity index (χ0) is 29.5. The number of rotatable bonds is 13. The average molecular weight is 592 g/mol. The summed E-state index contributed by atoms with van der Waals surface area (Å²) in [5, 5.41) is 15.4. The normalized spacial score (nSPS) is 20.0. The lowest BCUT2D eigenvalue weighted by molar-refractivity contribution is -0.116. The molecule has 2 unspecified atom stereocenters. The van der Waals surface area contributed by atoms with Crippen molar-refractivity contribution in [1.29, 1.82) is 0 Å². The summed E-state index contributed by atoms with van der Waals surface area (Å²) in [7, 11) is 1.55. The van der Waals surface area contributed by atoms with Crippen LogP contribution in [0.1, 0.15) is 88.7 Å². The van der Waals surface area contributed by atoms with Crippen LogP contribution in [0.25, 0.3) is 0 Å². The summed E-state index contributed by atoms with van der Waals surface area (Å²) in [6.07, 6.45) is 5.34. The van der Waals surface area contributed by atoms with Crippen LogP contribution in [0.2, 0.25) is 0 Å². The Bertz CT molecular complexity index is 1240. The van der Waals surface area contributed by atoms with Crippen molar-refractivity contribution < 1.29 is 18.3 Å². The quantitative estimate of drug-likeness (QED) is 0.209. The number of hydrogen-bond acceptors (Lipinski definition) is 5. The van der Waals surface area contributed by atoms with E-state index in [-0.39, 0.29) is 10.8 Å². The molecular formula is C31H46ClN3O4S. The van der Waals surface area contributed by atoms with Crippen molar-refractivity contribution in [3.63, 3.8) is 0 Å². The number of anilines is 2. The van der Waals surface area contributed by atoms with Crippen LogP contribution in [-0.2, 0) is 14.8 Å². The van der Waals surface area contributed by atoms with Gasteiger partial charge < -0.3 is 15.3 Å². The second kappa shape index (κ2) is 14.2. The molecule has 0 spiro atoms. The molecule has 9 heteroatoms. The van der Waals surface area contributed by atoms with Gasteiger partial charge in [0.2, 0.25) is 15.9 Å². The van der Waals surface area contributed by atoms with Crippen LogP contribution in [0.5, 0.6) is 0 Å². The number of likely N-dealkylation sites (N-methyl/N-ethyl adjacent to an activating group) is 1. The molecule has 0 saturated carbocycles. The summed E-state index contributed by atoms with van der Waals surface area (Å²) in [6, 6.07) is 12.9. The van der Waals surface area contributed by atoms with Crippen molar-refractivity contribution in [2.24, 2.45) is 0 Å². The number of aliphatic hydroxyl groups excluding tert-OH is 1. The first-order valence-electron chi connectivity index (χ1n) is 14.5. The molecule has 2 N–H and O–H groups in total. The van der Waals surface area contributed by atoms with Crippen LogP contribution in [-0.4, -0.2) is 62.4 Å². The van der Waals surface area contributed by atoms with E-state index < -0.39 is 27.6 Å². The van der Waals surface area contributed by atoms with Crippen LogP contribution in [0.4, 0.5) is 11.4 Å². The Morgan fingerprint density at radius 2 is 1.73 bits per heavy atom. The number of sulfonamides is 1. The van der Waals surface area contributed by atoms with Gasteiger partial charge in [0.25, 0.3) is 0 Å². The molecule has 222 valence electrons. The zero-order valence-corrected chi connectivity index (χ0v) is 26.2. The molecule has 1 amide bonds. The van der Waals surface area contributed by atoms with Crippen molar-refractivity contribution >= 4 is 38.9 Å². The Morgan fingerprint density at radius 1 is 1.05 bits per heavy atom. The van der Waals surface area contributed by atoms with E-state index in [9.17, 15) is 18.3 Å². The monoisotopic (exact) mass is 591 g/mol. The van der Waals surface area contributed by atoms with E-state index >= 15 is 0 Å². The molecular weight excluding hydrogens is 546 g/mol. The first kappa shape index (κ1) is 32.4. The van der Waals surface area contributed by atoms with E-state index in [1.54, 1.807) is 13.1 Å². The van der Waals surface area contributed by atoms with E-state index in [1.165, 1.54) is 4.31 Å². The molecule has 2 aromatic carbocycles. The van der Waals surface area contributed by atoms with Crippen molar-refractivity contribution in [1.82, 2.24) is 4.31 Å². The third-order valence-electron chi connectivity index (χ3n) is 8.22. The summed E-state index contributed by atoms with van der Waals surface area (Å²) in [4.78, 5) is 14.7. The standard InChI is InChI=1S/C31H46ClN3O4S/c1-6-8-18-31(19-9-7-2)30(37)29(23-13-12-14-24(21-23)33-28(36)15-10-11-20-32)26-22-25(34(3)4)16-17-27(26)40(38,39)35(31)5/h12-14,16-17,21-22,29-30,37H,6-11,15,18-20H2,1-5H3,(H,33,36). The number of unbranched alkanes of at least 4 members (excludes halogenated alkanes) is 3. The Labute approximate surface area is 246 Å². The van der Waals surface area contributed by atoms with Gasteiger partial charge in [-0.2, -0.15) is 4.31 Å². The highest BCUT2D eigenvalue weighted by Gasteiger charge is 2.53. The van der Waals surface area contributed by atoms with Crippen LogP contribution in [0.3, 0.4) is 0 Å². The first-order valence-corrected chi connectivity index (χ1v) is 16.4. The van der Waals surface area contributed by atoms with Crippen molar-refractivity contribution in [3.05, 3.63) is 53.6 Å². The summed E-state index contributed by atoms with van der Waals surface area (Å²) in [6.45, 7) is 4.17. The molecule has 0 radical (unpaired) electrons. The fourth-order valence-electron chi connectivity index (χ4n) is 5.82. The van der Waals surface area contributed by atoms with Crippen LogP contribution in [0.15, 0.2) is 47.4 Å². The summed E-state index contributed by atoms with van der Waals surface area (Å²) < 4.78 is 29.9. The lowest BCUT2D eigenvalue weighted by Gasteiger charge is -2.45. The highest BCUT2D eigenvalue weighted by molar-refractivity contribution is 7.89. The smallest absolute Gasteiger partial charge is 0.243 e. The molecule has 0 fully saturated rings. The fourth-order valence-corrected chi connectivity index (χ4v) is 7.80. The SMILES string of the molecule is CCCCC1(CCCC)C(O)C(c2cccc(NC(=O)CCCCCl)c2)c2cc(N(C)C)ccc2S(=O)(=O)N1C. The predicted octanol–water partition coefficient (Wildman–Crippen LogP) is 6.35. The van der Waals surface area contributed by atoms with Gasteiger partial charge in [-0.05, 0) is 67.1 Å². The number of carbonyl (C=O) groups is 1. The van der Waals surface area contributed by atoms with Gasteiger partial charge in [0.1, 0.15) is 0 Å². The van der Waals surface area contributed by atoms with E-state index in [1.807, 2.05) is 55.4 Å². The minimum Gasteiger partial charge on any atom is -0.390 e. The highest BCUT2D eigenvalue weighted by Crippen LogP contribution is 2.48. The van der Waals surface area contributed by atoms with Crippen molar-refractivity contribution in [2.45, 2.75) is 94.1 Å². The average Bonchev–Trinajstić information content (AvgIpc) is 2.97. The Morgan fingerprint density at radius 3 is 2.33 bits per heavy atom. The predicted molar refractivity (Wildman–Crippen MR) is 165 cm³/mol. The molecule has 1 heterocycles. The lowest BCUT2D eigenvalue weighted by atomic mass is 9.72. The molecule has 0 aliphatic carbocycles. The second-order valence-electron chi connectivity index (χ2n) is 11.1. The van der Waals surface area contributed by atoms with Gasteiger partial charge in [0, 0.05) is 50.7 Å². The maximum absolute atomic E-state index is 14.2. The number of halogens is 1. The Kier molecular flexibility index (Phi) is 11.5. The number of alkyl halides is 1. The largest absolute Gasteiger partial charge is 0.390 e. The number of hydrogen-bond donors (Lipinski definition) is 2. The first-order chi connectivity index (χ1) is 19.0. The van der Waals surface area contributed by atoms with E-state index in [0.717, 1.165) is 43.4 Å². The van der Waals surface area contributed by atoms with Crippen LogP contribution >= 0.6 is 11.6 Å². The van der Waals surface area contributed by atoms with E-state index in [4.69, 9.17) is 11.6 Å². The third-order valence-corrected chi connectivity index (χ3v) is 10.5. The molecule has 0 aromatic heterocycles.